The fourth-order valence-electron chi connectivity index (χ4n) is 1.97. The Labute approximate surface area is 93.3 Å². The first-order valence-corrected chi connectivity index (χ1v) is 6.18. The van der Waals surface area contributed by atoms with E-state index in [0.29, 0.717) is 6.54 Å². The molecule has 1 aromatic rings. The molecule has 0 aromatic carbocycles. The van der Waals surface area contributed by atoms with Gasteiger partial charge < -0.3 is 10.0 Å². The Morgan fingerprint density at radius 2 is 2.53 bits per heavy atom. The van der Waals surface area contributed by atoms with Crippen molar-refractivity contribution in [3.63, 3.8) is 0 Å². The predicted molar refractivity (Wildman–Crippen MR) is 60.0 cm³/mol. The number of thiophene rings is 1. The Morgan fingerprint density at radius 1 is 1.67 bits per heavy atom. The SMILES string of the molecule is O=C(c1ccsc1)N1CCCC(CO)C1. The van der Waals surface area contributed by atoms with E-state index >= 15 is 0 Å². The van der Waals surface area contributed by atoms with Gasteiger partial charge in [0.2, 0.25) is 0 Å². The lowest BCUT2D eigenvalue weighted by Crippen LogP contribution is -2.40. The molecule has 15 heavy (non-hydrogen) atoms. The van der Waals surface area contributed by atoms with Gasteiger partial charge in [-0.15, -0.1) is 0 Å². The van der Waals surface area contributed by atoms with Crippen LogP contribution in [-0.2, 0) is 0 Å². The highest BCUT2D eigenvalue weighted by Crippen LogP contribution is 2.18. The van der Waals surface area contributed by atoms with Crippen molar-refractivity contribution in [1.29, 1.82) is 0 Å². The number of nitrogens with zero attached hydrogens (tertiary/aromatic N) is 1. The first-order valence-electron chi connectivity index (χ1n) is 5.23. The van der Waals surface area contributed by atoms with Crippen LogP contribution in [0.15, 0.2) is 16.8 Å². The van der Waals surface area contributed by atoms with E-state index in [4.69, 9.17) is 5.11 Å². The number of likely N-dealkylation sites (tertiary alicyclic amines) is 1. The standard InChI is InChI=1S/C11H15NO2S/c13-7-9-2-1-4-12(6-9)11(14)10-3-5-15-8-10/h3,5,8-9,13H,1-2,4,6-7H2. The van der Waals surface area contributed by atoms with Crippen LogP contribution in [0.4, 0.5) is 0 Å². The average molecular weight is 225 g/mol. The lowest BCUT2D eigenvalue weighted by molar-refractivity contribution is 0.0621. The zero-order valence-electron chi connectivity index (χ0n) is 8.56. The highest BCUT2D eigenvalue weighted by molar-refractivity contribution is 7.08. The molecule has 1 aromatic heterocycles. The first kappa shape index (κ1) is 10.6. The molecular formula is C11H15NO2S. The van der Waals surface area contributed by atoms with Crippen LogP contribution in [0, 0.1) is 5.92 Å². The largest absolute Gasteiger partial charge is 0.396 e. The summed E-state index contributed by atoms with van der Waals surface area (Å²) in [6.07, 6.45) is 2.03. The fraction of sp³-hybridized carbons (Fsp3) is 0.545. The van der Waals surface area contributed by atoms with Crippen molar-refractivity contribution >= 4 is 17.2 Å². The van der Waals surface area contributed by atoms with Crippen molar-refractivity contribution in [2.45, 2.75) is 12.8 Å². The Kier molecular flexibility index (Phi) is 3.38. The molecule has 1 aliphatic heterocycles. The van der Waals surface area contributed by atoms with Gasteiger partial charge in [-0.3, -0.25) is 4.79 Å². The van der Waals surface area contributed by atoms with E-state index in [9.17, 15) is 4.79 Å². The van der Waals surface area contributed by atoms with Gasteiger partial charge in [0.15, 0.2) is 0 Å². The molecule has 0 saturated carbocycles. The zero-order valence-corrected chi connectivity index (χ0v) is 9.37. The van der Waals surface area contributed by atoms with Crippen molar-refractivity contribution in [3.05, 3.63) is 22.4 Å². The number of piperidine rings is 1. The van der Waals surface area contributed by atoms with E-state index in [0.717, 1.165) is 24.9 Å². The fourth-order valence-corrected chi connectivity index (χ4v) is 2.60. The second kappa shape index (κ2) is 4.77. The van der Waals surface area contributed by atoms with Gasteiger partial charge in [-0.1, -0.05) is 0 Å². The lowest BCUT2D eigenvalue weighted by atomic mass is 9.98. The monoisotopic (exact) mass is 225 g/mol. The first-order chi connectivity index (χ1) is 7.31. The highest BCUT2D eigenvalue weighted by atomic mass is 32.1. The Balaban J connectivity index is 2.01. The summed E-state index contributed by atoms with van der Waals surface area (Å²) in [5.41, 5.74) is 0.776. The van der Waals surface area contributed by atoms with Crippen molar-refractivity contribution in [1.82, 2.24) is 4.90 Å². The molecule has 1 N–H and O–H groups in total. The Bertz CT molecular complexity index is 323. The van der Waals surface area contributed by atoms with Gasteiger partial charge in [0, 0.05) is 25.1 Å². The van der Waals surface area contributed by atoms with Crippen LogP contribution in [0.1, 0.15) is 23.2 Å². The molecule has 1 aliphatic rings. The number of hydrogen-bond acceptors (Lipinski definition) is 3. The summed E-state index contributed by atoms with van der Waals surface area (Å²) in [6, 6.07) is 1.86. The second-order valence-corrected chi connectivity index (χ2v) is 4.73. The lowest BCUT2D eigenvalue weighted by Gasteiger charge is -2.31. The van der Waals surface area contributed by atoms with Crippen molar-refractivity contribution < 1.29 is 9.90 Å². The summed E-state index contributed by atoms with van der Waals surface area (Å²) in [5, 5.41) is 12.9. The van der Waals surface area contributed by atoms with Crippen LogP contribution in [0.2, 0.25) is 0 Å². The summed E-state index contributed by atoms with van der Waals surface area (Å²) in [6.45, 7) is 1.71. The van der Waals surface area contributed by atoms with E-state index < -0.39 is 0 Å². The normalized spacial score (nSPS) is 21.7. The molecule has 0 radical (unpaired) electrons. The van der Waals surface area contributed by atoms with Gasteiger partial charge in [0.25, 0.3) is 5.91 Å². The molecule has 0 bridgehead atoms. The maximum Gasteiger partial charge on any atom is 0.254 e. The number of carbonyl (C=O) groups is 1. The quantitative estimate of drug-likeness (QED) is 0.830. The molecule has 0 spiro atoms. The summed E-state index contributed by atoms with van der Waals surface area (Å²) >= 11 is 1.54. The topological polar surface area (TPSA) is 40.5 Å². The Morgan fingerprint density at radius 3 is 3.20 bits per heavy atom. The van der Waals surface area contributed by atoms with Gasteiger partial charge in [0.1, 0.15) is 0 Å². The maximum atomic E-state index is 12.0. The number of rotatable bonds is 2. The zero-order chi connectivity index (χ0) is 10.7. The minimum absolute atomic E-state index is 0.106. The van der Waals surface area contributed by atoms with Crippen LogP contribution in [0.25, 0.3) is 0 Å². The molecule has 82 valence electrons. The summed E-state index contributed by atoms with van der Waals surface area (Å²) < 4.78 is 0. The van der Waals surface area contributed by atoms with E-state index in [1.54, 1.807) is 11.3 Å². The third-order valence-corrected chi connectivity index (χ3v) is 3.52. The minimum atomic E-state index is 0.106. The third kappa shape index (κ3) is 2.38. The molecule has 0 aliphatic carbocycles. The van der Waals surface area contributed by atoms with Crippen LogP contribution < -0.4 is 0 Å². The predicted octanol–water partition coefficient (Wildman–Crippen LogP) is 1.59. The summed E-state index contributed by atoms with van der Waals surface area (Å²) in [4.78, 5) is 13.8. The van der Waals surface area contributed by atoms with Gasteiger partial charge in [0.05, 0.1) is 5.56 Å². The van der Waals surface area contributed by atoms with E-state index in [1.165, 1.54) is 0 Å². The molecule has 1 saturated heterocycles. The molecule has 2 rings (SSSR count). The molecule has 1 atom stereocenters. The molecule has 2 heterocycles. The smallest absolute Gasteiger partial charge is 0.254 e. The molecular weight excluding hydrogens is 210 g/mol. The number of amides is 1. The Hall–Kier alpha value is -0.870. The number of hydrogen-bond donors (Lipinski definition) is 1. The van der Waals surface area contributed by atoms with Gasteiger partial charge in [-0.05, 0) is 30.2 Å². The molecule has 1 unspecified atom stereocenters. The van der Waals surface area contributed by atoms with Crippen molar-refractivity contribution in [2.24, 2.45) is 5.92 Å². The van der Waals surface area contributed by atoms with Gasteiger partial charge in [-0.25, -0.2) is 0 Å². The third-order valence-electron chi connectivity index (χ3n) is 2.83. The second-order valence-electron chi connectivity index (χ2n) is 3.95. The number of aliphatic hydroxyl groups excluding tert-OH is 1. The van der Waals surface area contributed by atoms with Crippen LogP contribution >= 0.6 is 11.3 Å². The van der Waals surface area contributed by atoms with E-state index in [-0.39, 0.29) is 18.4 Å². The summed E-state index contributed by atoms with van der Waals surface area (Å²) in [7, 11) is 0. The maximum absolute atomic E-state index is 12.0. The van der Waals surface area contributed by atoms with Crippen LogP contribution in [0.5, 0.6) is 0 Å². The molecule has 3 nitrogen and oxygen atoms in total. The number of carbonyl (C=O) groups excluding carboxylic acids is 1. The summed E-state index contributed by atoms with van der Waals surface area (Å²) in [5.74, 6) is 0.371. The van der Waals surface area contributed by atoms with Crippen LogP contribution in [0.3, 0.4) is 0 Å². The van der Waals surface area contributed by atoms with Gasteiger partial charge in [-0.2, -0.15) is 11.3 Å². The van der Waals surface area contributed by atoms with Crippen molar-refractivity contribution in [3.8, 4) is 0 Å². The average Bonchev–Trinajstić information content (AvgIpc) is 2.81. The molecule has 4 heteroatoms. The van der Waals surface area contributed by atoms with Crippen molar-refractivity contribution in [2.75, 3.05) is 19.7 Å². The minimum Gasteiger partial charge on any atom is -0.396 e. The van der Waals surface area contributed by atoms with E-state index in [1.807, 2.05) is 21.7 Å². The molecule has 1 amide bonds. The molecule has 1 fully saturated rings. The number of aliphatic hydroxyl groups is 1. The van der Waals surface area contributed by atoms with Gasteiger partial charge >= 0.3 is 0 Å². The van der Waals surface area contributed by atoms with E-state index in [2.05, 4.69) is 0 Å². The van der Waals surface area contributed by atoms with Crippen LogP contribution in [-0.4, -0.2) is 35.6 Å². The highest BCUT2D eigenvalue weighted by Gasteiger charge is 2.23.